The Morgan fingerprint density at radius 3 is 2.78 bits per heavy atom. The SMILES string of the molecule is CC#CC(=O)N1CC(N2CC[C@H](c3cc4c(c(C)n3)O[C@H](C)c3c(N5CCOCC5)ccnc3N4)C2)C1. The fraction of sp³-hybridized carbons (Fsp3) is 0.536. The summed E-state index contributed by atoms with van der Waals surface area (Å²) in [5.41, 5.74) is 5.13. The van der Waals surface area contributed by atoms with Crippen LogP contribution in [-0.4, -0.2) is 84.2 Å². The number of pyridine rings is 2. The molecule has 0 aromatic carbocycles. The lowest BCUT2D eigenvalue weighted by Crippen LogP contribution is -2.60. The zero-order valence-electron chi connectivity index (χ0n) is 21.8. The minimum absolute atomic E-state index is 0.0662. The number of carbonyl (C=O) groups excluding carboxylic acids is 1. The van der Waals surface area contributed by atoms with Crippen LogP contribution in [0.3, 0.4) is 0 Å². The van der Waals surface area contributed by atoms with Crippen molar-refractivity contribution in [3.63, 3.8) is 0 Å². The van der Waals surface area contributed by atoms with E-state index in [0.29, 0.717) is 12.0 Å². The lowest BCUT2D eigenvalue weighted by atomic mass is 10.0. The maximum Gasteiger partial charge on any atom is 0.298 e. The molecule has 6 rings (SSSR count). The fourth-order valence-electron chi connectivity index (χ4n) is 5.94. The van der Waals surface area contributed by atoms with Gasteiger partial charge in [0.1, 0.15) is 11.9 Å². The van der Waals surface area contributed by atoms with Crippen molar-refractivity contribution in [1.29, 1.82) is 0 Å². The van der Waals surface area contributed by atoms with E-state index in [1.54, 1.807) is 6.92 Å². The third-order valence-electron chi connectivity index (χ3n) is 7.97. The Morgan fingerprint density at radius 2 is 2.00 bits per heavy atom. The number of anilines is 3. The first kappa shape index (κ1) is 24.0. The second-order valence-electron chi connectivity index (χ2n) is 10.3. The number of morpholine rings is 1. The molecule has 3 fully saturated rings. The molecule has 0 aliphatic carbocycles. The number of ether oxygens (including phenoxy) is 2. The number of fused-ring (bicyclic) bond motifs is 2. The summed E-state index contributed by atoms with van der Waals surface area (Å²) in [5.74, 6) is 7.26. The van der Waals surface area contributed by atoms with E-state index < -0.39 is 0 Å². The molecular weight excluding hydrogens is 468 g/mol. The van der Waals surface area contributed by atoms with Crippen molar-refractivity contribution in [3.05, 3.63) is 35.3 Å². The molecule has 0 unspecified atom stereocenters. The van der Waals surface area contributed by atoms with Crippen molar-refractivity contribution < 1.29 is 14.3 Å². The molecule has 0 radical (unpaired) electrons. The van der Waals surface area contributed by atoms with Crippen molar-refractivity contribution in [2.45, 2.75) is 45.3 Å². The Labute approximate surface area is 218 Å². The minimum atomic E-state index is -0.162. The molecule has 2 atom stereocenters. The smallest absolute Gasteiger partial charge is 0.298 e. The predicted octanol–water partition coefficient (Wildman–Crippen LogP) is 2.84. The molecule has 6 heterocycles. The average Bonchev–Trinajstić information content (AvgIpc) is 3.29. The number of aromatic nitrogens is 2. The Morgan fingerprint density at radius 1 is 1.19 bits per heavy atom. The van der Waals surface area contributed by atoms with Gasteiger partial charge >= 0.3 is 0 Å². The average molecular weight is 503 g/mol. The first-order valence-corrected chi connectivity index (χ1v) is 13.2. The van der Waals surface area contributed by atoms with Gasteiger partial charge in [0.25, 0.3) is 5.91 Å². The molecule has 3 saturated heterocycles. The van der Waals surface area contributed by atoms with E-state index in [-0.39, 0.29) is 12.0 Å². The summed E-state index contributed by atoms with van der Waals surface area (Å²) in [5, 5.41) is 3.60. The highest BCUT2D eigenvalue weighted by Gasteiger charge is 2.38. The molecular formula is C28H34N6O3. The Kier molecular flexibility index (Phi) is 6.39. The molecule has 4 aliphatic heterocycles. The summed E-state index contributed by atoms with van der Waals surface area (Å²) in [7, 11) is 0. The third-order valence-corrected chi connectivity index (χ3v) is 7.97. The highest BCUT2D eigenvalue weighted by molar-refractivity contribution is 5.94. The van der Waals surface area contributed by atoms with Crippen molar-refractivity contribution in [3.8, 4) is 17.6 Å². The summed E-state index contributed by atoms with van der Waals surface area (Å²) in [6.45, 7) is 12.5. The van der Waals surface area contributed by atoms with E-state index in [1.807, 2.05) is 18.0 Å². The number of hydrogen-bond acceptors (Lipinski definition) is 8. The van der Waals surface area contributed by atoms with Gasteiger partial charge in [-0.2, -0.15) is 0 Å². The quantitative estimate of drug-likeness (QED) is 0.642. The van der Waals surface area contributed by atoms with Crippen LogP contribution in [0.25, 0.3) is 0 Å². The number of nitrogens with one attached hydrogen (secondary N) is 1. The molecule has 4 aliphatic rings. The molecule has 194 valence electrons. The van der Waals surface area contributed by atoms with Crippen molar-refractivity contribution in [2.24, 2.45) is 0 Å². The molecule has 0 spiro atoms. The largest absolute Gasteiger partial charge is 0.482 e. The van der Waals surface area contributed by atoms with Crippen molar-refractivity contribution in [1.82, 2.24) is 19.8 Å². The van der Waals surface area contributed by atoms with Crippen LogP contribution >= 0.6 is 0 Å². The summed E-state index contributed by atoms with van der Waals surface area (Å²) in [6, 6.07) is 4.64. The van der Waals surface area contributed by atoms with Gasteiger partial charge < -0.3 is 24.6 Å². The zero-order chi connectivity index (χ0) is 25.5. The lowest BCUT2D eigenvalue weighted by molar-refractivity contribution is -0.131. The van der Waals surface area contributed by atoms with Crippen molar-refractivity contribution in [2.75, 3.05) is 62.7 Å². The van der Waals surface area contributed by atoms with Gasteiger partial charge in [-0.15, -0.1) is 0 Å². The van der Waals surface area contributed by atoms with Gasteiger partial charge in [0.15, 0.2) is 5.75 Å². The van der Waals surface area contributed by atoms with Crippen LogP contribution in [0.15, 0.2) is 18.3 Å². The normalized spacial score (nSPS) is 23.5. The number of amides is 1. The molecule has 2 aromatic heterocycles. The van der Waals surface area contributed by atoms with Gasteiger partial charge in [-0.05, 0) is 51.8 Å². The number of hydrogen-bond donors (Lipinski definition) is 1. The number of aryl methyl sites for hydroxylation is 1. The second-order valence-corrected chi connectivity index (χ2v) is 10.3. The van der Waals surface area contributed by atoms with Gasteiger partial charge in [-0.25, -0.2) is 4.98 Å². The van der Waals surface area contributed by atoms with E-state index in [4.69, 9.17) is 19.4 Å². The second kappa shape index (κ2) is 9.84. The molecule has 9 nitrogen and oxygen atoms in total. The third kappa shape index (κ3) is 4.49. The number of likely N-dealkylation sites (tertiary alicyclic amines) is 2. The Bertz CT molecular complexity index is 1260. The van der Waals surface area contributed by atoms with Crippen LogP contribution in [0.2, 0.25) is 0 Å². The standard InChI is InChI=1S/C28H34N6O3/c1-4-5-25(35)34-16-21(17-34)33-9-7-20(15-33)22-14-23-27(18(2)30-22)37-19(3)26-24(6-8-29-28(26)31-23)32-10-12-36-13-11-32/h6,8,14,19-21H,7,9-13,15-17H2,1-3H3,(H,29,31)/t19-,20+/m1/s1. The van der Waals surface area contributed by atoms with Gasteiger partial charge in [-0.3, -0.25) is 14.7 Å². The highest BCUT2D eigenvalue weighted by atomic mass is 16.5. The molecule has 0 bridgehead atoms. The fourth-order valence-corrected chi connectivity index (χ4v) is 5.94. The van der Waals surface area contributed by atoms with Gasteiger partial charge in [0.05, 0.1) is 30.2 Å². The summed E-state index contributed by atoms with van der Waals surface area (Å²) >= 11 is 0. The van der Waals surface area contributed by atoms with Gasteiger partial charge in [-0.1, -0.05) is 5.92 Å². The minimum Gasteiger partial charge on any atom is -0.482 e. The molecule has 0 saturated carbocycles. The van der Waals surface area contributed by atoms with E-state index in [1.165, 1.54) is 0 Å². The van der Waals surface area contributed by atoms with Crippen molar-refractivity contribution >= 4 is 23.1 Å². The topological polar surface area (TPSA) is 83.1 Å². The van der Waals surface area contributed by atoms with Crippen LogP contribution in [-0.2, 0) is 9.53 Å². The monoisotopic (exact) mass is 502 g/mol. The summed E-state index contributed by atoms with van der Waals surface area (Å²) in [6.07, 6.45) is 2.76. The Hall–Kier alpha value is -3.35. The predicted molar refractivity (Wildman–Crippen MR) is 141 cm³/mol. The van der Waals surface area contributed by atoms with Crippen LogP contribution in [0.5, 0.6) is 5.75 Å². The molecule has 2 aromatic rings. The first-order valence-electron chi connectivity index (χ1n) is 13.2. The maximum atomic E-state index is 12.0. The number of carbonyl (C=O) groups is 1. The highest BCUT2D eigenvalue weighted by Crippen LogP contribution is 2.44. The summed E-state index contributed by atoms with van der Waals surface area (Å²) < 4.78 is 12.1. The van der Waals surface area contributed by atoms with Crippen LogP contribution in [0.1, 0.15) is 49.2 Å². The van der Waals surface area contributed by atoms with Crippen LogP contribution in [0.4, 0.5) is 17.2 Å². The Balaban J connectivity index is 1.21. The lowest BCUT2D eigenvalue weighted by Gasteiger charge is -2.43. The molecule has 1 amide bonds. The van der Waals surface area contributed by atoms with E-state index in [2.05, 4.69) is 46.0 Å². The van der Waals surface area contributed by atoms with Gasteiger partial charge in [0, 0.05) is 62.3 Å². The maximum absolute atomic E-state index is 12.0. The summed E-state index contributed by atoms with van der Waals surface area (Å²) in [4.78, 5) is 28.4. The zero-order valence-corrected chi connectivity index (χ0v) is 21.8. The molecule has 1 N–H and O–H groups in total. The number of rotatable bonds is 3. The van der Waals surface area contributed by atoms with Crippen LogP contribution in [0, 0.1) is 18.8 Å². The molecule has 37 heavy (non-hydrogen) atoms. The first-order chi connectivity index (χ1) is 18.0. The van der Waals surface area contributed by atoms with E-state index in [0.717, 1.165) is 98.8 Å². The van der Waals surface area contributed by atoms with Crippen LogP contribution < -0.4 is 15.0 Å². The van der Waals surface area contributed by atoms with Gasteiger partial charge in [0.2, 0.25) is 0 Å². The van der Waals surface area contributed by atoms with E-state index in [9.17, 15) is 4.79 Å². The molecule has 9 heteroatoms. The number of nitrogens with zero attached hydrogens (tertiary/aromatic N) is 5. The van der Waals surface area contributed by atoms with E-state index >= 15 is 0 Å².